The van der Waals surface area contributed by atoms with E-state index in [1.165, 1.54) is 16.8 Å². The maximum atomic E-state index is 6.00. The van der Waals surface area contributed by atoms with E-state index in [1.807, 2.05) is 0 Å². The number of hydrogen-bond donors (Lipinski definition) is 1. The Balaban J connectivity index is 1.58. The van der Waals surface area contributed by atoms with Crippen LogP contribution in [0.3, 0.4) is 0 Å². The molecule has 0 bridgehead atoms. The van der Waals surface area contributed by atoms with Crippen molar-refractivity contribution in [2.75, 3.05) is 19.0 Å². The first-order valence-electron chi connectivity index (χ1n) is 9.99. The minimum absolute atomic E-state index is 0.316. The molecule has 0 aromatic heterocycles. The molecule has 27 heavy (non-hydrogen) atoms. The Morgan fingerprint density at radius 3 is 2.59 bits per heavy atom. The van der Waals surface area contributed by atoms with Crippen molar-refractivity contribution in [2.45, 2.75) is 38.6 Å². The summed E-state index contributed by atoms with van der Waals surface area (Å²) in [6.07, 6.45) is 6.89. The Morgan fingerprint density at radius 1 is 1.07 bits per heavy atom. The molecular formula is C24H29NO2. The van der Waals surface area contributed by atoms with Crippen LogP contribution in [0.15, 0.2) is 54.6 Å². The second-order valence-corrected chi connectivity index (χ2v) is 8.03. The van der Waals surface area contributed by atoms with Gasteiger partial charge in [0.05, 0.1) is 19.8 Å². The van der Waals surface area contributed by atoms with Gasteiger partial charge in [-0.25, -0.2) is 0 Å². The molecule has 2 aromatic carbocycles. The van der Waals surface area contributed by atoms with Crippen LogP contribution in [0.2, 0.25) is 0 Å². The van der Waals surface area contributed by atoms with Gasteiger partial charge in [-0.1, -0.05) is 38.1 Å². The Bertz CT molecular complexity index is 810. The molecule has 0 radical (unpaired) electrons. The molecule has 4 rings (SSSR count). The second-order valence-electron chi connectivity index (χ2n) is 8.03. The van der Waals surface area contributed by atoms with Crippen molar-refractivity contribution in [2.24, 2.45) is 11.8 Å². The number of hydrogen-bond acceptors (Lipinski definition) is 3. The summed E-state index contributed by atoms with van der Waals surface area (Å²) in [5, 5.41) is 3.79. The number of nitrogens with one attached hydrogen (secondary N) is 1. The molecule has 0 amide bonds. The van der Waals surface area contributed by atoms with Crippen molar-refractivity contribution in [3.8, 4) is 11.5 Å². The summed E-state index contributed by atoms with van der Waals surface area (Å²) in [5.74, 6) is 3.54. The molecule has 3 nitrogen and oxygen atoms in total. The fraction of sp³-hybridized carbons (Fsp3) is 0.417. The highest BCUT2D eigenvalue weighted by atomic mass is 16.5. The lowest BCUT2D eigenvalue weighted by Gasteiger charge is -2.37. The topological polar surface area (TPSA) is 30.5 Å². The van der Waals surface area contributed by atoms with Crippen molar-refractivity contribution in [1.82, 2.24) is 0 Å². The van der Waals surface area contributed by atoms with Crippen molar-refractivity contribution < 1.29 is 9.47 Å². The monoisotopic (exact) mass is 363 g/mol. The Hall–Kier alpha value is -2.42. The Kier molecular flexibility index (Phi) is 5.11. The molecule has 2 aromatic rings. The van der Waals surface area contributed by atoms with E-state index in [0.717, 1.165) is 30.9 Å². The molecule has 142 valence electrons. The minimum Gasteiger partial charge on any atom is -0.497 e. The zero-order chi connectivity index (χ0) is 18.8. The van der Waals surface area contributed by atoms with Crippen LogP contribution in [0.5, 0.6) is 11.5 Å². The molecule has 1 aliphatic carbocycles. The fourth-order valence-electron chi connectivity index (χ4n) is 4.22. The van der Waals surface area contributed by atoms with Gasteiger partial charge in [0, 0.05) is 11.6 Å². The van der Waals surface area contributed by atoms with Crippen molar-refractivity contribution in [3.05, 3.63) is 65.7 Å². The summed E-state index contributed by atoms with van der Waals surface area (Å²) in [6.45, 7) is 5.24. The van der Waals surface area contributed by atoms with E-state index in [-0.39, 0.29) is 0 Å². The molecule has 3 unspecified atom stereocenters. The predicted octanol–water partition coefficient (Wildman–Crippen LogP) is 5.95. The van der Waals surface area contributed by atoms with Crippen molar-refractivity contribution in [1.29, 1.82) is 0 Å². The van der Waals surface area contributed by atoms with Gasteiger partial charge in [0.15, 0.2) is 0 Å². The van der Waals surface area contributed by atoms with Gasteiger partial charge < -0.3 is 14.8 Å². The van der Waals surface area contributed by atoms with Gasteiger partial charge in [-0.2, -0.15) is 0 Å². The standard InChI is InChI=1S/C24H29NO2/c1-16(2)13-14-27-19-11-12-23-22(15-19)20-5-4-6-21(20)24(25-23)17-7-9-18(26-3)10-8-17/h4-5,7-12,15-16,20-21,24-25H,6,13-14H2,1-3H3. The average Bonchev–Trinajstić information content (AvgIpc) is 3.17. The Labute approximate surface area is 162 Å². The molecule has 1 heterocycles. The van der Waals surface area contributed by atoms with E-state index in [0.29, 0.717) is 23.8 Å². The van der Waals surface area contributed by atoms with Gasteiger partial charge in [-0.15, -0.1) is 0 Å². The summed E-state index contributed by atoms with van der Waals surface area (Å²) in [5.41, 5.74) is 3.90. The average molecular weight is 364 g/mol. The maximum absolute atomic E-state index is 6.00. The highest BCUT2D eigenvalue weighted by molar-refractivity contribution is 5.61. The smallest absolute Gasteiger partial charge is 0.119 e. The molecule has 1 N–H and O–H groups in total. The third-order valence-corrected chi connectivity index (χ3v) is 5.77. The number of benzene rings is 2. The lowest BCUT2D eigenvalue weighted by atomic mass is 9.77. The molecule has 0 fully saturated rings. The van der Waals surface area contributed by atoms with E-state index in [1.54, 1.807) is 7.11 Å². The SMILES string of the molecule is COc1ccc(C2Nc3ccc(OCCC(C)C)cc3C3C=CCC32)cc1. The first-order valence-corrected chi connectivity index (χ1v) is 9.99. The maximum Gasteiger partial charge on any atom is 0.119 e. The van der Waals surface area contributed by atoms with E-state index >= 15 is 0 Å². The molecule has 3 atom stereocenters. The van der Waals surface area contributed by atoms with Crippen molar-refractivity contribution in [3.63, 3.8) is 0 Å². The van der Waals surface area contributed by atoms with Crippen LogP contribution in [0.1, 0.15) is 49.8 Å². The second kappa shape index (κ2) is 7.67. The molecule has 3 heteroatoms. The molecular weight excluding hydrogens is 334 g/mol. The fourth-order valence-corrected chi connectivity index (χ4v) is 4.22. The highest BCUT2D eigenvalue weighted by Gasteiger charge is 2.38. The number of rotatable bonds is 6. The van der Waals surface area contributed by atoms with Crippen LogP contribution in [0.25, 0.3) is 0 Å². The van der Waals surface area contributed by atoms with Gasteiger partial charge in [0.2, 0.25) is 0 Å². The van der Waals surface area contributed by atoms with Gasteiger partial charge in [0.1, 0.15) is 11.5 Å². The van der Waals surface area contributed by atoms with Gasteiger partial charge >= 0.3 is 0 Å². The van der Waals surface area contributed by atoms with E-state index in [2.05, 4.69) is 73.8 Å². The number of anilines is 1. The number of fused-ring (bicyclic) bond motifs is 3. The van der Waals surface area contributed by atoms with Crippen LogP contribution >= 0.6 is 0 Å². The normalized spacial score (nSPS) is 22.9. The zero-order valence-corrected chi connectivity index (χ0v) is 16.4. The van der Waals surface area contributed by atoms with E-state index < -0.39 is 0 Å². The molecule has 0 spiro atoms. The van der Waals surface area contributed by atoms with Gasteiger partial charge in [-0.05, 0) is 66.1 Å². The highest BCUT2D eigenvalue weighted by Crippen LogP contribution is 2.50. The lowest BCUT2D eigenvalue weighted by Crippen LogP contribution is -2.29. The van der Waals surface area contributed by atoms with Gasteiger partial charge in [0.25, 0.3) is 0 Å². The summed E-state index contributed by atoms with van der Waals surface area (Å²) in [6, 6.07) is 15.3. The summed E-state index contributed by atoms with van der Waals surface area (Å²) < 4.78 is 11.3. The third kappa shape index (κ3) is 3.69. The van der Waals surface area contributed by atoms with E-state index in [4.69, 9.17) is 9.47 Å². The Morgan fingerprint density at radius 2 is 1.85 bits per heavy atom. The van der Waals surface area contributed by atoms with Crippen LogP contribution in [-0.4, -0.2) is 13.7 Å². The summed E-state index contributed by atoms with van der Waals surface area (Å²) >= 11 is 0. The quantitative estimate of drug-likeness (QED) is 0.644. The number of ether oxygens (including phenoxy) is 2. The molecule has 1 aliphatic heterocycles. The van der Waals surface area contributed by atoms with E-state index in [9.17, 15) is 0 Å². The van der Waals surface area contributed by atoms with Crippen LogP contribution in [0.4, 0.5) is 5.69 Å². The summed E-state index contributed by atoms with van der Waals surface area (Å²) in [4.78, 5) is 0. The molecule has 0 saturated carbocycles. The predicted molar refractivity (Wildman–Crippen MR) is 111 cm³/mol. The van der Waals surface area contributed by atoms with Crippen molar-refractivity contribution >= 4 is 5.69 Å². The third-order valence-electron chi connectivity index (χ3n) is 5.77. The number of methoxy groups -OCH3 is 1. The first kappa shape index (κ1) is 18.0. The lowest BCUT2D eigenvalue weighted by molar-refractivity contribution is 0.289. The van der Waals surface area contributed by atoms with Crippen LogP contribution in [0, 0.1) is 11.8 Å². The molecule has 0 saturated heterocycles. The zero-order valence-electron chi connectivity index (χ0n) is 16.4. The molecule has 2 aliphatic rings. The van der Waals surface area contributed by atoms with Crippen LogP contribution < -0.4 is 14.8 Å². The largest absolute Gasteiger partial charge is 0.497 e. The minimum atomic E-state index is 0.316. The summed E-state index contributed by atoms with van der Waals surface area (Å²) in [7, 11) is 1.71. The first-order chi connectivity index (χ1) is 13.2. The van der Waals surface area contributed by atoms with Crippen LogP contribution in [-0.2, 0) is 0 Å². The van der Waals surface area contributed by atoms with Gasteiger partial charge in [-0.3, -0.25) is 0 Å². The number of allylic oxidation sites excluding steroid dienone is 2.